The summed E-state index contributed by atoms with van der Waals surface area (Å²) in [7, 11) is 0. The number of para-hydroxylation sites is 1. The second-order valence-corrected chi connectivity index (χ2v) is 9.36. The molecule has 172 valence electrons. The molecule has 0 radical (unpaired) electrons. The van der Waals surface area contributed by atoms with E-state index in [9.17, 15) is 18.0 Å². The lowest BCUT2D eigenvalue weighted by molar-refractivity contribution is -0.137. The minimum Gasteiger partial charge on any atom is -0.366 e. The Hall–Kier alpha value is -2.41. The first kappa shape index (κ1) is 22.8. The van der Waals surface area contributed by atoms with Gasteiger partial charge >= 0.3 is 6.18 Å². The summed E-state index contributed by atoms with van der Waals surface area (Å²) in [5.74, 6) is -0.276. The number of amides is 1. The van der Waals surface area contributed by atoms with Gasteiger partial charge in [0.05, 0.1) is 28.2 Å². The van der Waals surface area contributed by atoms with Crippen LogP contribution in [0.3, 0.4) is 0 Å². The van der Waals surface area contributed by atoms with E-state index >= 15 is 0 Å². The number of halogens is 4. The van der Waals surface area contributed by atoms with Crippen LogP contribution in [-0.4, -0.2) is 38.1 Å². The van der Waals surface area contributed by atoms with Crippen LogP contribution in [0.2, 0.25) is 5.02 Å². The first-order chi connectivity index (χ1) is 15.1. The van der Waals surface area contributed by atoms with Gasteiger partial charge in [-0.3, -0.25) is 4.79 Å². The third kappa shape index (κ3) is 4.53. The van der Waals surface area contributed by atoms with Gasteiger partial charge in [0.15, 0.2) is 0 Å². The van der Waals surface area contributed by atoms with E-state index in [0.717, 1.165) is 17.4 Å². The van der Waals surface area contributed by atoms with Gasteiger partial charge in [0, 0.05) is 31.9 Å². The van der Waals surface area contributed by atoms with Crippen LogP contribution in [0.1, 0.15) is 25.0 Å². The van der Waals surface area contributed by atoms with E-state index in [1.54, 1.807) is 6.07 Å². The van der Waals surface area contributed by atoms with Crippen LogP contribution in [0.5, 0.6) is 0 Å². The van der Waals surface area contributed by atoms with E-state index in [1.807, 2.05) is 38.1 Å². The Kier molecular flexibility index (Phi) is 6.30. The molecule has 0 unspecified atom stereocenters. The number of carbonyl (C=O) groups is 1. The average Bonchev–Trinajstić information content (AvgIpc) is 2.75. The van der Waals surface area contributed by atoms with Gasteiger partial charge in [-0.1, -0.05) is 37.6 Å². The van der Waals surface area contributed by atoms with Crippen LogP contribution < -0.4 is 15.1 Å². The molecule has 4 nitrogen and oxygen atoms in total. The molecule has 2 aliphatic rings. The zero-order valence-corrected chi connectivity index (χ0v) is 18.9. The molecule has 1 amide bonds. The monoisotopic (exact) mass is 465 g/mol. The molecule has 2 atom stereocenters. The lowest BCUT2D eigenvalue weighted by atomic mass is 9.82. The van der Waals surface area contributed by atoms with E-state index in [1.165, 1.54) is 6.07 Å². The van der Waals surface area contributed by atoms with E-state index in [-0.39, 0.29) is 24.3 Å². The summed E-state index contributed by atoms with van der Waals surface area (Å²) in [5.41, 5.74) is 1.60. The molecule has 2 aromatic rings. The summed E-state index contributed by atoms with van der Waals surface area (Å²) in [6.07, 6.45) is -4.13. The zero-order valence-electron chi connectivity index (χ0n) is 18.1. The first-order valence-electron chi connectivity index (χ1n) is 10.9. The van der Waals surface area contributed by atoms with E-state index in [2.05, 4.69) is 15.1 Å². The van der Waals surface area contributed by atoms with Gasteiger partial charge in [-0.05, 0) is 48.2 Å². The molecule has 0 aromatic heterocycles. The van der Waals surface area contributed by atoms with Crippen molar-refractivity contribution in [2.45, 2.75) is 32.5 Å². The van der Waals surface area contributed by atoms with Gasteiger partial charge in [0.2, 0.25) is 5.91 Å². The normalized spacial score (nSPS) is 20.7. The number of nitrogens with one attached hydrogen (secondary N) is 1. The molecule has 8 heteroatoms. The van der Waals surface area contributed by atoms with Gasteiger partial charge in [-0.15, -0.1) is 0 Å². The molecule has 0 spiro atoms. The summed E-state index contributed by atoms with van der Waals surface area (Å²) < 4.78 is 40.0. The van der Waals surface area contributed by atoms with Crippen LogP contribution in [0.4, 0.5) is 24.5 Å². The second-order valence-electron chi connectivity index (χ2n) is 8.95. The fourth-order valence-corrected chi connectivity index (χ4v) is 4.92. The Labute approximate surface area is 191 Å². The van der Waals surface area contributed by atoms with Crippen LogP contribution in [0.25, 0.3) is 0 Å². The highest BCUT2D eigenvalue weighted by atomic mass is 35.5. The minimum atomic E-state index is -4.41. The Morgan fingerprint density at radius 1 is 1.16 bits per heavy atom. The largest absolute Gasteiger partial charge is 0.416 e. The molecule has 1 saturated heterocycles. The minimum absolute atomic E-state index is 0.113. The molecule has 32 heavy (non-hydrogen) atoms. The van der Waals surface area contributed by atoms with Crippen molar-refractivity contribution in [3.05, 3.63) is 58.6 Å². The number of benzene rings is 2. The standard InChI is InChI=1S/C24H27ClF3N3O/c1-15(2)13-29-23(32)18-12-16-11-17(24(26,27)28)7-8-20(16)31-10-9-30(14-22(18)31)21-6-4-3-5-19(21)25/h3-8,11,15,18,22H,9-10,12-14H2,1-2H3,(H,29,32)/t18-,22-/m0/s1. The summed E-state index contributed by atoms with van der Waals surface area (Å²) in [5, 5.41) is 3.64. The second kappa shape index (κ2) is 8.85. The number of fused-ring (bicyclic) bond motifs is 3. The summed E-state index contributed by atoms with van der Waals surface area (Å²) in [6.45, 7) is 6.40. The molecular formula is C24H27ClF3N3O. The maximum absolute atomic E-state index is 13.3. The molecule has 1 N–H and O–H groups in total. The van der Waals surface area contributed by atoms with Crippen molar-refractivity contribution in [1.82, 2.24) is 5.32 Å². The molecule has 2 aliphatic heterocycles. The number of piperazine rings is 1. The lowest BCUT2D eigenvalue weighted by Gasteiger charge is -2.50. The van der Waals surface area contributed by atoms with Crippen LogP contribution in [0.15, 0.2) is 42.5 Å². The van der Waals surface area contributed by atoms with Crippen LogP contribution >= 0.6 is 11.6 Å². The number of nitrogens with zero attached hydrogens (tertiary/aromatic N) is 2. The van der Waals surface area contributed by atoms with E-state index < -0.39 is 17.7 Å². The van der Waals surface area contributed by atoms with E-state index in [4.69, 9.17) is 11.6 Å². The van der Waals surface area contributed by atoms with Gasteiger partial charge < -0.3 is 15.1 Å². The lowest BCUT2D eigenvalue weighted by Crippen LogP contribution is -2.61. The predicted molar refractivity (Wildman–Crippen MR) is 121 cm³/mol. The predicted octanol–water partition coefficient (Wildman–Crippen LogP) is 5.00. The fourth-order valence-electron chi connectivity index (χ4n) is 4.66. The summed E-state index contributed by atoms with van der Waals surface area (Å²) in [6, 6.07) is 11.3. The highest BCUT2D eigenvalue weighted by Crippen LogP contribution is 2.40. The number of alkyl halides is 3. The number of anilines is 2. The molecule has 0 saturated carbocycles. The zero-order chi connectivity index (χ0) is 23.0. The Morgan fingerprint density at radius 3 is 2.59 bits per heavy atom. The Bertz CT molecular complexity index is 995. The molecule has 2 heterocycles. The van der Waals surface area contributed by atoms with Crippen molar-refractivity contribution in [3.8, 4) is 0 Å². The Balaban J connectivity index is 1.68. The van der Waals surface area contributed by atoms with Crippen molar-refractivity contribution in [2.24, 2.45) is 11.8 Å². The quantitative estimate of drug-likeness (QED) is 0.690. The number of hydrogen-bond donors (Lipinski definition) is 1. The number of carbonyl (C=O) groups excluding carboxylic acids is 1. The van der Waals surface area contributed by atoms with Crippen molar-refractivity contribution in [3.63, 3.8) is 0 Å². The highest BCUT2D eigenvalue weighted by Gasteiger charge is 2.43. The number of rotatable bonds is 4. The molecule has 2 aromatic carbocycles. The molecule has 1 fully saturated rings. The number of hydrogen-bond acceptors (Lipinski definition) is 3. The van der Waals surface area contributed by atoms with Crippen LogP contribution in [0, 0.1) is 11.8 Å². The van der Waals surface area contributed by atoms with Crippen molar-refractivity contribution in [1.29, 1.82) is 0 Å². The van der Waals surface area contributed by atoms with Gasteiger partial charge in [-0.2, -0.15) is 13.2 Å². The molecule has 0 aliphatic carbocycles. The fraction of sp³-hybridized carbons (Fsp3) is 0.458. The third-order valence-electron chi connectivity index (χ3n) is 6.25. The molecule has 4 rings (SSSR count). The van der Waals surface area contributed by atoms with Crippen molar-refractivity contribution in [2.75, 3.05) is 36.0 Å². The maximum atomic E-state index is 13.3. The summed E-state index contributed by atoms with van der Waals surface area (Å²) >= 11 is 6.42. The Morgan fingerprint density at radius 2 is 1.91 bits per heavy atom. The average molecular weight is 466 g/mol. The van der Waals surface area contributed by atoms with E-state index in [0.29, 0.717) is 36.8 Å². The first-order valence-corrected chi connectivity index (χ1v) is 11.3. The molecule has 0 bridgehead atoms. The van der Waals surface area contributed by atoms with Crippen LogP contribution in [-0.2, 0) is 17.4 Å². The van der Waals surface area contributed by atoms with Gasteiger partial charge in [0.25, 0.3) is 0 Å². The van der Waals surface area contributed by atoms with Crippen molar-refractivity contribution >= 4 is 28.9 Å². The smallest absolute Gasteiger partial charge is 0.366 e. The summed E-state index contributed by atoms with van der Waals surface area (Å²) in [4.78, 5) is 17.4. The van der Waals surface area contributed by atoms with Gasteiger partial charge in [0.1, 0.15) is 0 Å². The van der Waals surface area contributed by atoms with Gasteiger partial charge in [-0.25, -0.2) is 0 Å². The highest BCUT2D eigenvalue weighted by molar-refractivity contribution is 6.33. The topological polar surface area (TPSA) is 35.6 Å². The van der Waals surface area contributed by atoms with Crippen molar-refractivity contribution < 1.29 is 18.0 Å². The maximum Gasteiger partial charge on any atom is 0.416 e. The molecular weight excluding hydrogens is 439 g/mol. The SMILES string of the molecule is CC(C)CNC(=O)[C@H]1Cc2cc(C(F)(F)F)ccc2N2CCN(c3ccccc3Cl)C[C@@H]12. The third-order valence-corrected chi connectivity index (χ3v) is 6.57.